The van der Waals surface area contributed by atoms with Gasteiger partial charge in [0.2, 0.25) is 0 Å². The van der Waals surface area contributed by atoms with Crippen molar-refractivity contribution in [3.8, 4) is 5.69 Å². The smallest absolute Gasteiger partial charge is 0.317 e. The molecule has 24 heavy (non-hydrogen) atoms. The number of aliphatic hydroxyl groups excluding tert-OH is 1. The molecule has 0 radical (unpaired) electrons. The first-order valence-corrected chi connectivity index (χ1v) is 7.90. The second-order valence-electron chi connectivity index (χ2n) is 6.00. The van der Waals surface area contributed by atoms with Crippen molar-refractivity contribution in [2.75, 3.05) is 19.7 Å². The molecule has 0 aliphatic carbocycles. The molecule has 0 saturated carbocycles. The summed E-state index contributed by atoms with van der Waals surface area (Å²) in [7, 11) is 0. The van der Waals surface area contributed by atoms with Crippen molar-refractivity contribution in [2.45, 2.75) is 25.0 Å². The molecule has 8 heteroatoms. The van der Waals surface area contributed by atoms with E-state index in [9.17, 15) is 9.90 Å². The highest BCUT2D eigenvalue weighted by Gasteiger charge is 2.33. The molecule has 1 aliphatic heterocycles. The van der Waals surface area contributed by atoms with Gasteiger partial charge in [-0.1, -0.05) is 18.2 Å². The summed E-state index contributed by atoms with van der Waals surface area (Å²) >= 11 is 0. The lowest BCUT2D eigenvalue weighted by Crippen LogP contribution is -2.51. The molecule has 1 fully saturated rings. The van der Waals surface area contributed by atoms with Gasteiger partial charge in [0.15, 0.2) is 0 Å². The summed E-state index contributed by atoms with van der Waals surface area (Å²) in [4.78, 5) is 17.9. The number of carbonyl (C=O) groups is 1. The number of hydrogen-bond acceptors (Lipinski definition) is 5. The van der Waals surface area contributed by atoms with Crippen LogP contribution in [0.1, 0.15) is 18.4 Å². The second-order valence-corrected chi connectivity index (χ2v) is 6.00. The number of hydrogen-bond donors (Lipinski definition) is 3. The number of piperidine rings is 1. The number of para-hydroxylation sites is 1. The van der Waals surface area contributed by atoms with Crippen molar-refractivity contribution >= 4 is 6.03 Å². The average Bonchev–Trinajstić information content (AvgIpc) is 3.15. The summed E-state index contributed by atoms with van der Waals surface area (Å²) < 4.78 is 1.66. The fraction of sp³-hybridized carbons (Fsp3) is 0.438. The summed E-state index contributed by atoms with van der Waals surface area (Å²) in [5, 5.41) is 26.2. The highest BCUT2D eigenvalue weighted by molar-refractivity contribution is 5.74. The Morgan fingerprint density at radius 2 is 2.04 bits per heavy atom. The summed E-state index contributed by atoms with van der Waals surface area (Å²) in [5.74, 6) is 0. The van der Waals surface area contributed by atoms with E-state index in [1.807, 2.05) is 24.3 Å². The number of nitrogens with one attached hydrogen (secondary N) is 1. The normalized spacial score (nSPS) is 16.8. The third-order valence-electron chi connectivity index (χ3n) is 4.36. The Morgan fingerprint density at radius 3 is 2.71 bits per heavy atom. The molecule has 0 atom stereocenters. The van der Waals surface area contributed by atoms with Crippen LogP contribution in [0.15, 0.2) is 36.9 Å². The SMILES string of the molecule is O=C(NCc1ccccc1-n1cncn1)N1CCC(O)(CO)CC1. The summed E-state index contributed by atoms with van der Waals surface area (Å²) in [6, 6.07) is 7.48. The molecule has 3 rings (SSSR count). The van der Waals surface area contributed by atoms with Crippen LogP contribution in [0.2, 0.25) is 0 Å². The van der Waals surface area contributed by atoms with E-state index in [1.54, 1.807) is 15.9 Å². The van der Waals surface area contributed by atoms with E-state index >= 15 is 0 Å². The Morgan fingerprint density at radius 1 is 1.29 bits per heavy atom. The number of urea groups is 1. The Balaban J connectivity index is 1.60. The van der Waals surface area contributed by atoms with Gasteiger partial charge in [0.1, 0.15) is 12.7 Å². The van der Waals surface area contributed by atoms with Gasteiger partial charge in [0.05, 0.1) is 17.9 Å². The molecule has 2 amide bonds. The number of likely N-dealkylation sites (tertiary alicyclic amines) is 1. The van der Waals surface area contributed by atoms with E-state index in [4.69, 9.17) is 5.11 Å². The number of aliphatic hydroxyl groups is 2. The van der Waals surface area contributed by atoms with Gasteiger partial charge in [-0.25, -0.2) is 14.5 Å². The third kappa shape index (κ3) is 3.55. The highest BCUT2D eigenvalue weighted by Crippen LogP contribution is 2.21. The molecule has 3 N–H and O–H groups in total. The summed E-state index contributed by atoms with van der Waals surface area (Å²) in [6.07, 6.45) is 3.84. The minimum Gasteiger partial charge on any atom is -0.393 e. The van der Waals surface area contributed by atoms with Gasteiger partial charge in [0.25, 0.3) is 0 Å². The van der Waals surface area contributed by atoms with E-state index in [-0.39, 0.29) is 12.6 Å². The largest absolute Gasteiger partial charge is 0.393 e. The van der Waals surface area contributed by atoms with E-state index in [1.165, 1.54) is 6.33 Å². The number of amides is 2. The van der Waals surface area contributed by atoms with Gasteiger partial charge in [0, 0.05) is 19.6 Å². The molecule has 1 aliphatic rings. The van der Waals surface area contributed by atoms with Gasteiger partial charge >= 0.3 is 6.03 Å². The van der Waals surface area contributed by atoms with E-state index in [0.29, 0.717) is 32.5 Å². The maximum atomic E-state index is 12.3. The Kier molecular flexibility index (Phi) is 4.77. The molecular formula is C16H21N5O3. The van der Waals surface area contributed by atoms with Crippen molar-refractivity contribution in [2.24, 2.45) is 0 Å². The lowest BCUT2D eigenvalue weighted by Gasteiger charge is -2.36. The maximum absolute atomic E-state index is 12.3. The molecule has 128 valence electrons. The van der Waals surface area contributed by atoms with Crippen LogP contribution in [0.5, 0.6) is 0 Å². The third-order valence-corrected chi connectivity index (χ3v) is 4.36. The first-order valence-electron chi connectivity index (χ1n) is 7.90. The van der Waals surface area contributed by atoms with Crippen molar-refractivity contribution in [1.29, 1.82) is 0 Å². The zero-order valence-electron chi connectivity index (χ0n) is 13.3. The van der Waals surface area contributed by atoms with E-state index < -0.39 is 5.60 Å². The van der Waals surface area contributed by atoms with Crippen LogP contribution in [0.25, 0.3) is 5.69 Å². The van der Waals surface area contributed by atoms with E-state index in [2.05, 4.69) is 15.4 Å². The number of nitrogens with zero attached hydrogens (tertiary/aromatic N) is 4. The van der Waals surface area contributed by atoms with Gasteiger partial charge in [-0.15, -0.1) is 0 Å². The number of aromatic nitrogens is 3. The van der Waals surface area contributed by atoms with Crippen LogP contribution in [-0.4, -0.2) is 61.2 Å². The van der Waals surface area contributed by atoms with Gasteiger partial charge < -0.3 is 20.4 Å². The highest BCUT2D eigenvalue weighted by atomic mass is 16.3. The fourth-order valence-electron chi connectivity index (χ4n) is 2.78. The standard InChI is InChI=1S/C16H21N5O3/c22-10-16(24)5-7-20(8-6-16)15(23)18-9-13-3-1-2-4-14(13)21-12-17-11-19-21/h1-4,11-12,22,24H,5-10H2,(H,18,23). The number of rotatable bonds is 4. The van der Waals surface area contributed by atoms with Crippen LogP contribution >= 0.6 is 0 Å². The molecule has 1 aromatic carbocycles. The van der Waals surface area contributed by atoms with Crippen LogP contribution in [0, 0.1) is 0 Å². The van der Waals surface area contributed by atoms with Crippen LogP contribution in [-0.2, 0) is 6.54 Å². The molecule has 2 heterocycles. The lowest BCUT2D eigenvalue weighted by atomic mass is 9.93. The van der Waals surface area contributed by atoms with Crippen molar-refractivity contribution in [3.05, 3.63) is 42.5 Å². The molecule has 8 nitrogen and oxygen atoms in total. The molecule has 2 aromatic rings. The Labute approximate surface area is 139 Å². The summed E-state index contributed by atoms with van der Waals surface area (Å²) in [5.41, 5.74) is 0.736. The minimum atomic E-state index is -1.06. The predicted octanol–water partition coefficient (Wildman–Crippen LogP) is 0.296. The topological polar surface area (TPSA) is 104 Å². The molecule has 0 unspecified atom stereocenters. The molecule has 1 aromatic heterocycles. The zero-order valence-corrected chi connectivity index (χ0v) is 13.3. The van der Waals surface area contributed by atoms with Crippen molar-refractivity contribution in [3.63, 3.8) is 0 Å². The number of benzene rings is 1. The van der Waals surface area contributed by atoms with Gasteiger partial charge in [-0.3, -0.25) is 0 Å². The number of carbonyl (C=O) groups excluding carboxylic acids is 1. The minimum absolute atomic E-state index is 0.177. The quantitative estimate of drug-likeness (QED) is 0.747. The summed E-state index contributed by atoms with van der Waals surface area (Å²) in [6.45, 7) is 0.949. The lowest BCUT2D eigenvalue weighted by molar-refractivity contribution is -0.0526. The second kappa shape index (κ2) is 6.98. The fourth-order valence-corrected chi connectivity index (χ4v) is 2.78. The molecule has 1 saturated heterocycles. The maximum Gasteiger partial charge on any atom is 0.317 e. The van der Waals surface area contributed by atoms with Crippen molar-refractivity contribution < 1.29 is 15.0 Å². The van der Waals surface area contributed by atoms with Gasteiger partial charge in [-0.2, -0.15) is 5.10 Å². The van der Waals surface area contributed by atoms with Crippen LogP contribution < -0.4 is 5.32 Å². The Hall–Kier alpha value is -2.45. The van der Waals surface area contributed by atoms with Crippen LogP contribution in [0.4, 0.5) is 4.79 Å². The molecule has 0 bridgehead atoms. The molecular weight excluding hydrogens is 310 g/mol. The van der Waals surface area contributed by atoms with E-state index in [0.717, 1.165) is 11.3 Å². The zero-order chi connectivity index (χ0) is 17.0. The Bertz CT molecular complexity index is 681. The first kappa shape index (κ1) is 16.4. The molecule has 0 spiro atoms. The van der Waals surface area contributed by atoms with Crippen molar-refractivity contribution in [1.82, 2.24) is 25.0 Å². The predicted molar refractivity (Wildman–Crippen MR) is 86.4 cm³/mol. The monoisotopic (exact) mass is 331 g/mol. The van der Waals surface area contributed by atoms with Crippen LogP contribution in [0.3, 0.4) is 0 Å². The average molecular weight is 331 g/mol. The van der Waals surface area contributed by atoms with Gasteiger partial charge in [-0.05, 0) is 24.5 Å². The first-order chi connectivity index (χ1) is 11.6.